The van der Waals surface area contributed by atoms with Crippen LogP contribution in [0.15, 0.2) is 200 Å². The Labute approximate surface area is 348 Å². The van der Waals surface area contributed by atoms with Gasteiger partial charge in [0, 0.05) is 49.1 Å². The molecule has 0 N–H and O–H groups in total. The molecule has 0 spiro atoms. The van der Waals surface area contributed by atoms with E-state index in [-0.39, 0.29) is 0 Å². The van der Waals surface area contributed by atoms with Gasteiger partial charge < -0.3 is 13.7 Å². The van der Waals surface area contributed by atoms with Gasteiger partial charge in [0.2, 0.25) is 0 Å². The first kappa shape index (κ1) is 33.6. The Hall–Kier alpha value is -7.40. The lowest BCUT2D eigenvalue weighted by Crippen LogP contribution is -2.49. The third-order valence-electron chi connectivity index (χ3n) is 13.4. The van der Waals surface area contributed by atoms with E-state index in [4.69, 9.17) is 0 Å². The second kappa shape index (κ2) is 12.3. The summed E-state index contributed by atoms with van der Waals surface area (Å²) in [6.45, 7) is 5.00. The van der Waals surface area contributed by atoms with Gasteiger partial charge in [0.05, 0.1) is 44.5 Å². The lowest BCUT2D eigenvalue weighted by atomic mass is 10.0. The van der Waals surface area contributed by atoms with Crippen LogP contribution in [0, 0.1) is 0 Å². The number of hydrogen-bond acceptors (Lipinski definition) is 0. The van der Waals surface area contributed by atoms with Crippen molar-refractivity contribution in [1.82, 2.24) is 13.7 Å². The molecule has 13 rings (SSSR count). The van der Waals surface area contributed by atoms with Gasteiger partial charge in [0.25, 0.3) is 0 Å². The van der Waals surface area contributed by atoms with Crippen molar-refractivity contribution in [3.05, 3.63) is 200 Å². The molecule has 0 unspecified atom stereocenters. The summed E-state index contributed by atoms with van der Waals surface area (Å²) >= 11 is 0. The third kappa shape index (κ3) is 4.43. The highest BCUT2D eigenvalue weighted by atomic mass is 28.3. The van der Waals surface area contributed by atoms with Crippen LogP contribution in [0.2, 0.25) is 13.1 Å². The molecular formula is C56H39N3Si. The molecule has 3 nitrogen and oxygen atoms in total. The Morgan fingerprint density at radius 3 is 1.58 bits per heavy atom. The van der Waals surface area contributed by atoms with Crippen molar-refractivity contribution in [1.29, 1.82) is 0 Å². The molecule has 0 amide bonds. The largest absolute Gasteiger partial charge is 0.309 e. The minimum absolute atomic E-state index is 1.17. The summed E-state index contributed by atoms with van der Waals surface area (Å²) < 4.78 is 7.44. The predicted molar refractivity (Wildman–Crippen MR) is 257 cm³/mol. The quantitative estimate of drug-likeness (QED) is 0.158. The van der Waals surface area contributed by atoms with E-state index in [0.717, 1.165) is 0 Å². The molecule has 60 heavy (non-hydrogen) atoms. The molecule has 9 aromatic carbocycles. The lowest BCUT2D eigenvalue weighted by Gasteiger charge is -2.19. The van der Waals surface area contributed by atoms with Crippen molar-refractivity contribution in [2.45, 2.75) is 13.1 Å². The van der Waals surface area contributed by atoms with Crippen LogP contribution in [0.25, 0.3) is 105 Å². The van der Waals surface area contributed by atoms with Crippen molar-refractivity contribution in [3.63, 3.8) is 0 Å². The molecule has 0 bridgehead atoms. The van der Waals surface area contributed by atoms with E-state index < -0.39 is 8.07 Å². The van der Waals surface area contributed by atoms with Crippen molar-refractivity contribution in [2.75, 3.05) is 0 Å². The topological polar surface area (TPSA) is 14.8 Å². The minimum atomic E-state index is -1.85. The molecule has 1 aliphatic rings. The summed E-state index contributed by atoms with van der Waals surface area (Å²) in [6.07, 6.45) is 0. The molecule has 4 heteroatoms. The SMILES string of the molecule is C[Si]1(C)c2ccccc2-c2c(-n3c4ccccc4c4cc(-c5ccccc5-n5c6ccccc6c6c7c8ccccc8n(-c8ccccc8)c7ccc65)ccc43)cccc21. The first-order valence-electron chi connectivity index (χ1n) is 21.0. The maximum atomic E-state index is 2.52. The van der Waals surface area contributed by atoms with Crippen LogP contribution in [-0.2, 0) is 0 Å². The fourth-order valence-corrected chi connectivity index (χ4v) is 14.0. The molecular weight excluding hydrogens is 743 g/mol. The highest BCUT2D eigenvalue weighted by Crippen LogP contribution is 2.45. The van der Waals surface area contributed by atoms with Gasteiger partial charge in [0.15, 0.2) is 0 Å². The lowest BCUT2D eigenvalue weighted by molar-refractivity contribution is 1.17. The van der Waals surface area contributed by atoms with Crippen molar-refractivity contribution >= 4 is 83.9 Å². The minimum Gasteiger partial charge on any atom is -0.309 e. The molecule has 4 heterocycles. The molecule has 0 fully saturated rings. The predicted octanol–water partition coefficient (Wildman–Crippen LogP) is 13.4. The van der Waals surface area contributed by atoms with Gasteiger partial charge in [-0.1, -0.05) is 147 Å². The Morgan fingerprint density at radius 2 is 0.833 bits per heavy atom. The Bertz CT molecular complexity index is 3750. The number of para-hydroxylation sites is 5. The van der Waals surface area contributed by atoms with Gasteiger partial charge in [-0.25, -0.2) is 0 Å². The Balaban J connectivity index is 1.05. The number of benzene rings is 9. The zero-order valence-corrected chi connectivity index (χ0v) is 34.4. The second-order valence-corrected chi connectivity index (χ2v) is 21.2. The molecule has 12 aromatic rings. The zero-order valence-electron chi connectivity index (χ0n) is 33.4. The second-order valence-electron chi connectivity index (χ2n) is 16.9. The molecule has 282 valence electrons. The maximum absolute atomic E-state index is 2.52. The number of rotatable bonds is 4. The maximum Gasteiger partial charge on any atom is 0.113 e. The highest BCUT2D eigenvalue weighted by molar-refractivity contribution is 7.04. The van der Waals surface area contributed by atoms with E-state index >= 15 is 0 Å². The van der Waals surface area contributed by atoms with E-state index in [0.29, 0.717) is 0 Å². The van der Waals surface area contributed by atoms with E-state index in [1.165, 1.54) is 115 Å². The van der Waals surface area contributed by atoms with Gasteiger partial charge in [0.1, 0.15) is 8.07 Å². The van der Waals surface area contributed by atoms with Crippen molar-refractivity contribution in [3.8, 4) is 39.3 Å². The van der Waals surface area contributed by atoms with Gasteiger partial charge in [-0.2, -0.15) is 0 Å². The smallest absolute Gasteiger partial charge is 0.113 e. The van der Waals surface area contributed by atoms with Gasteiger partial charge in [-0.15, -0.1) is 0 Å². The number of fused-ring (bicyclic) bond motifs is 13. The number of hydrogen-bond donors (Lipinski definition) is 0. The summed E-state index contributed by atoms with van der Waals surface area (Å²) in [5, 5.41) is 10.7. The van der Waals surface area contributed by atoms with Crippen LogP contribution in [0.5, 0.6) is 0 Å². The normalized spacial score (nSPS) is 13.3. The number of aromatic nitrogens is 3. The summed E-state index contributed by atoms with van der Waals surface area (Å²) in [5.41, 5.74) is 16.1. The monoisotopic (exact) mass is 781 g/mol. The van der Waals surface area contributed by atoms with E-state index in [1.807, 2.05) is 0 Å². The summed E-state index contributed by atoms with van der Waals surface area (Å²) in [6, 6.07) is 74.4. The molecule has 1 aliphatic heterocycles. The summed E-state index contributed by atoms with van der Waals surface area (Å²) in [7, 11) is -1.85. The highest BCUT2D eigenvalue weighted by Gasteiger charge is 2.39. The fraction of sp³-hybridized carbons (Fsp3) is 0.0357. The average Bonchev–Trinajstić information content (AvgIpc) is 4.00. The van der Waals surface area contributed by atoms with E-state index in [1.54, 1.807) is 0 Å². The van der Waals surface area contributed by atoms with Gasteiger partial charge in [-0.3, -0.25) is 0 Å². The van der Waals surface area contributed by atoms with Crippen LogP contribution in [0.4, 0.5) is 0 Å². The van der Waals surface area contributed by atoms with Crippen LogP contribution < -0.4 is 10.4 Å². The summed E-state index contributed by atoms with van der Waals surface area (Å²) in [5.74, 6) is 0. The van der Waals surface area contributed by atoms with Crippen LogP contribution in [0.3, 0.4) is 0 Å². The van der Waals surface area contributed by atoms with Crippen LogP contribution >= 0.6 is 0 Å². The molecule has 0 saturated carbocycles. The zero-order chi connectivity index (χ0) is 39.7. The van der Waals surface area contributed by atoms with E-state index in [2.05, 4.69) is 227 Å². The Morgan fingerprint density at radius 1 is 0.333 bits per heavy atom. The fourth-order valence-electron chi connectivity index (χ4n) is 10.9. The standard InChI is InChI=1S/C56H39N3Si/c1-60(2)52-29-15-10-23-42(52)54-49(28-16-30-53(54)60)59-45-25-12-7-20-39(45)43-35-36(31-32-48(43)59)38-19-6-11-24-44(38)58-47-27-14-9-22-41(47)56-51(58)34-33-50-55(56)40-21-8-13-26-46(40)57(50)37-17-4-3-5-18-37/h3-35H,1-2H3. The summed E-state index contributed by atoms with van der Waals surface area (Å²) in [4.78, 5) is 0. The third-order valence-corrected chi connectivity index (χ3v) is 17.0. The van der Waals surface area contributed by atoms with E-state index in [9.17, 15) is 0 Å². The Kier molecular flexibility index (Phi) is 6.88. The van der Waals surface area contributed by atoms with Crippen LogP contribution in [0.1, 0.15) is 0 Å². The average molecular weight is 782 g/mol. The molecule has 0 saturated heterocycles. The molecule has 0 aliphatic carbocycles. The van der Waals surface area contributed by atoms with Crippen molar-refractivity contribution in [2.24, 2.45) is 0 Å². The first-order chi connectivity index (χ1) is 29.6. The first-order valence-corrected chi connectivity index (χ1v) is 24.0. The van der Waals surface area contributed by atoms with Gasteiger partial charge in [-0.05, 0) is 88.2 Å². The molecule has 0 atom stereocenters. The number of nitrogens with zero attached hydrogens (tertiary/aromatic N) is 3. The molecule has 3 aromatic heterocycles. The van der Waals surface area contributed by atoms with Crippen molar-refractivity contribution < 1.29 is 0 Å². The van der Waals surface area contributed by atoms with Crippen LogP contribution in [-0.4, -0.2) is 21.8 Å². The molecule has 0 radical (unpaired) electrons. The van der Waals surface area contributed by atoms with Gasteiger partial charge >= 0.3 is 0 Å².